The maximum absolute atomic E-state index is 12.1. The molecule has 0 aliphatic rings. The second kappa shape index (κ2) is 24.1. The average molecular weight is 429 g/mol. The third-order valence-electron chi connectivity index (χ3n) is 4.12. The first-order valence-corrected chi connectivity index (χ1v) is 11.7. The number of carbonyl (C=O) groups excluding carboxylic acids is 1. The van der Waals surface area contributed by atoms with Crippen LogP contribution >= 0.6 is 0 Å². The zero-order valence-electron chi connectivity index (χ0n) is 22.4. The van der Waals surface area contributed by atoms with Crippen molar-refractivity contribution in [2.24, 2.45) is 5.92 Å². The molecule has 0 N–H and O–H groups in total. The van der Waals surface area contributed by atoms with Crippen LogP contribution in [0.1, 0.15) is 109 Å². The minimum Gasteiger partial charge on any atom is -0.381 e. The number of carbonyl (C=O) groups is 1. The third-order valence-corrected chi connectivity index (χ3v) is 4.12. The summed E-state index contributed by atoms with van der Waals surface area (Å²) >= 11 is 0. The number of halogens is 1. The molecule has 0 bridgehead atoms. The fraction of sp³-hybridized carbons (Fsp3) is 0.741. The Morgan fingerprint density at radius 3 is 1.77 bits per heavy atom. The fourth-order valence-corrected chi connectivity index (χ4v) is 1.85. The van der Waals surface area contributed by atoms with Gasteiger partial charge in [0.05, 0.1) is 0 Å². The van der Waals surface area contributed by atoms with Gasteiger partial charge in [-0.1, -0.05) is 73.6 Å². The number of allylic oxidation sites excluding steroid dienone is 5. The Morgan fingerprint density at radius 2 is 1.50 bits per heavy atom. The van der Waals surface area contributed by atoms with Gasteiger partial charge in [0, 0.05) is 13.2 Å². The van der Waals surface area contributed by atoms with E-state index in [1.165, 1.54) is 18.4 Å². The first-order valence-electron chi connectivity index (χ1n) is 11.7. The quantitative estimate of drug-likeness (QED) is 0.197. The monoisotopic (exact) mass is 428 g/mol. The zero-order chi connectivity index (χ0) is 24.8. The van der Waals surface area contributed by atoms with E-state index < -0.39 is 5.67 Å². The second-order valence-electron chi connectivity index (χ2n) is 7.92. The van der Waals surface area contributed by atoms with E-state index in [-0.39, 0.29) is 5.78 Å². The molecule has 180 valence electrons. The van der Waals surface area contributed by atoms with Crippen LogP contribution in [0.15, 0.2) is 35.5 Å². The molecular formula is C27H53FO2. The van der Waals surface area contributed by atoms with E-state index in [1.807, 2.05) is 46.8 Å². The van der Waals surface area contributed by atoms with Crippen LogP contribution in [0.3, 0.4) is 0 Å². The van der Waals surface area contributed by atoms with E-state index in [0.717, 1.165) is 30.8 Å². The standard InChI is InChI=1S/C13H20O.C7H16O.C5H11F.C2H6/c1-7-13(9(2)3)11(5)8-10(4)12(6)14;1-3-5-7-8-6-4-2;1-4-5(2,3)6;1-2/h7-9H,1H2,2-6H3;3-7H2,1-2H3;4H2,1-3H3;1-2H3/b10-8+,13-11+;;;. The molecule has 0 amide bonds. The number of rotatable bonds is 10. The van der Waals surface area contributed by atoms with Gasteiger partial charge in [0.25, 0.3) is 0 Å². The minimum atomic E-state index is -0.958. The number of alkyl halides is 1. The first-order chi connectivity index (χ1) is 13.9. The van der Waals surface area contributed by atoms with Crippen LogP contribution in [0, 0.1) is 5.92 Å². The summed E-state index contributed by atoms with van der Waals surface area (Å²) in [5.41, 5.74) is 2.16. The molecule has 0 aromatic rings. The molecule has 0 radical (unpaired) electrons. The highest BCUT2D eigenvalue weighted by Crippen LogP contribution is 2.17. The lowest BCUT2D eigenvalue weighted by atomic mass is 9.96. The van der Waals surface area contributed by atoms with Crippen LogP contribution in [0.25, 0.3) is 0 Å². The van der Waals surface area contributed by atoms with Gasteiger partial charge in [-0.25, -0.2) is 4.39 Å². The molecule has 0 aromatic heterocycles. The average Bonchev–Trinajstić information content (AvgIpc) is 2.67. The summed E-state index contributed by atoms with van der Waals surface area (Å²) in [6.45, 7) is 28.6. The van der Waals surface area contributed by atoms with Gasteiger partial charge < -0.3 is 4.74 Å². The molecule has 0 spiro atoms. The molecule has 0 heterocycles. The minimum absolute atomic E-state index is 0.122. The lowest BCUT2D eigenvalue weighted by molar-refractivity contribution is -0.113. The largest absolute Gasteiger partial charge is 0.381 e. The molecule has 0 fully saturated rings. The number of hydrogen-bond donors (Lipinski definition) is 0. The van der Waals surface area contributed by atoms with Crippen LogP contribution in [-0.4, -0.2) is 24.7 Å². The first kappa shape index (κ1) is 36.2. The Labute approximate surface area is 189 Å². The van der Waals surface area contributed by atoms with E-state index in [0.29, 0.717) is 12.3 Å². The van der Waals surface area contributed by atoms with Crippen molar-refractivity contribution in [1.29, 1.82) is 0 Å². The molecule has 0 saturated carbocycles. The van der Waals surface area contributed by atoms with E-state index >= 15 is 0 Å². The van der Waals surface area contributed by atoms with E-state index in [2.05, 4.69) is 34.3 Å². The van der Waals surface area contributed by atoms with Gasteiger partial charge in [-0.2, -0.15) is 0 Å². The number of ketones is 1. The van der Waals surface area contributed by atoms with Gasteiger partial charge in [0.15, 0.2) is 5.78 Å². The van der Waals surface area contributed by atoms with Crippen LogP contribution in [0.5, 0.6) is 0 Å². The van der Waals surface area contributed by atoms with E-state index in [9.17, 15) is 9.18 Å². The normalized spacial score (nSPS) is 11.7. The summed E-state index contributed by atoms with van der Waals surface area (Å²) in [5.74, 6) is 0.569. The predicted octanol–water partition coefficient (Wildman–Crippen LogP) is 9.06. The maximum atomic E-state index is 12.1. The van der Waals surface area contributed by atoms with Crippen LogP contribution in [0.4, 0.5) is 4.39 Å². The summed E-state index contributed by atoms with van der Waals surface area (Å²) in [6, 6.07) is 0. The molecule has 0 saturated heterocycles. The van der Waals surface area contributed by atoms with Gasteiger partial charge in [0.2, 0.25) is 0 Å². The molecule has 3 heteroatoms. The lowest BCUT2D eigenvalue weighted by Crippen LogP contribution is -2.07. The highest BCUT2D eigenvalue weighted by Gasteiger charge is 2.09. The molecule has 0 unspecified atom stereocenters. The third kappa shape index (κ3) is 29.0. The van der Waals surface area contributed by atoms with Gasteiger partial charge in [-0.3, -0.25) is 4.79 Å². The smallest absolute Gasteiger partial charge is 0.155 e. The number of unbranched alkanes of at least 4 members (excludes halogenated alkanes) is 1. The van der Waals surface area contributed by atoms with Crippen molar-refractivity contribution in [3.8, 4) is 0 Å². The lowest BCUT2D eigenvalue weighted by Gasteiger charge is -2.09. The van der Waals surface area contributed by atoms with E-state index in [1.54, 1.807) is 20.8 Å². The molecule has 0 aromatic carbocycles. The second-order valence-corrected chi connectivity index (χ2v) is 7.92. The van der Waals surface area contributed by atoms with Crippen molar-refractivity contribution < 1.29 is 13.9 Å². The van der Waals surface area contributed by atoms with Gasteiger partial charge in [0.1, 0.15) is 5.67 Å². The highest BCUT2D eigenvalue weighted by molar-refractivity contribution is 5.93. The number of hydrogen-bond acceptors (Lipinski definition) is 2. The summed E-state index contributed by atoms with van der Waals surface area (Å²) in [6.07, 6.45) is 7.99. The molecule has 0 atom stereocenters. The predicted molar refractivity (Wildman–Crippen MR) is 135 cm³/mol. The van der Waals surface area contributed by atoms with E-state index in [4.69, 9.17) is 4.74 Å². The van der Waals surface area contributed by atoms with Crippen molar-refractivity contribution in [3.05, 3.63) is 35.5 Å². The molecular weight excluding hydrogens is 375 g/mol. The molecule has 0 aliphatic heterocycles. The molecule has 30 heavy (non-hydrogen) atoms. The zero-order valence-corrected chi connectivity index (χ0v) is 22.4. The van der Waals surface area contributed by atoms with Crippen LogP contribution in [-0.2, 0) is 9.53 Å². The van der Waals surface area contributed by atoms with Crippen molar-refractivity contribution in [3.63, 3.8) is 0 Å². The Bertz CT molecular complexity index is 460. The van der Waals surface area contributed by atoms with Gasteiger partial charge >= 0.3 is 0 Å². The Hall–Kier alpha value is -1.22. The van der Waals surface area contributed by atoms with Crippen molar-refractivity contribution in [1.82, 2.24) is 0 Å². The Balaban J connectivity index is -0.000000179. The molecule has 0 aliphatic carbocycles. The summed E-state index contributed by atoms with van der Waals surface area (Å²) < 4.78 is 17.3. The van der Waals surface area contributed by atoms with Crippen molar-refractivity contribution >= 4 is 5.78 Å². The van der Waals surface area contributed by atoms with Crippen LogP contribution in [0.2, 0.25) is 0 Å². The topological polar surface area (TPSA) is 26.3 Å². The fourth-order valence-electron chi connectivity index (χ4n) is 1.85. The number of Topliss-reactive ketones (excluding diaryl/α,β-unsaturated/α-hetero) is 1. The molecule has 2 nitrogen and oxygen atoms in total. The van der Waals surface area contributed by atoms with Gasteiger partial charge in [-0.05, 0) is 76.5 Å². The summed E-state index contributed by atoms with van der Waals surface area (Å²) in [7, 11) is 0. The van der Waals surface area contributed by atoms with Crippen molar-refractivity contribution in [2.45, 2.75) is 114 Å². The SMILES string of the molecule is C=C/C(=C(C)\C=C(/C)C(C)=O)C(C)C.CC.CCC(C)(C)F.CCCCOCCC. The Kier molecular flexibility index (Phi) is 29.0. The van der Waals surface area contributed by atoms with Gasteiger partial charge in [-0.15, -0.1) is 0 Å². The molecule has 0 rings (SSSR count). The highest BCUT2D eigenvalue weighted by atomic mass is 19.1. The number of ether oxygens (including phenoxy) is 1. The summed E-state index contributed by atoms with van der Waals surface area (Å²) in [4.78, 5) is 11.0. The van der Waals surface area contributed by atoms with Crippen LogP contribution < -0.4 is 0 Å². The van der Waals surface area contributed by atoms with Crippen molar-refractivity contribution in [2.75, 3.05) is 13.2 Å². The maximum Gasteiger partial charge on any atom is 0.155 e. The Morgan fingerprint density at radius 1 is 1.03 bits per heavy atom. The summed E-state index contributed by atoms with van der Waals surface area (Å²) in [5, 5.41) is 0.